The molecule has 0 aliphatic rings. The Morgan fingerprint density at radius 1 is 1.08 bits per heavy atom. The number of ketones is 1. The normalized spacial score (nSPS) is 11.5. The van der Waals surface area contributed by atoms with Crippen LogP contribution in [0.2, 0.25) is 0 Å². The molecule has 0 fully saturated rings. The number of aliphatic hydroxyl groups excluding tert-OH is 1. The molecule has 1 atom stereocenters. The first-order valence-electron chi connectivity index (χ1n) is 7.42. The van der Waals surface area contributed by atoms with Crippen LogP contribution in [0.25, 0.3) is 0 Å². The van der Waals surface area contributed by atoms with E-state index in [0.717, 1.165) is 0 Å². The molecule has 116 valence electrons. The van der Waals surface area contributed by atoms with Crippen molar-refractivity contribution in [2.24, 2.45) is 0 Å². The highest BCUT2D eigenvalue weighted by molar-refractivity contribution is 6.10. The number of nitrogens with zero attached hydrogens (tertiary/aromatic N) is 2. The van der Waals surface area contributed by atoms with E-state index >= 15 is 0 Å². The van der Waals surface area contributed by atoms with Gasteiger partial charge in [-0.05, 0) is 23.8 Å². The minimum absolute atomic E-state index is 0.250. The Morgan fingerprint density at radius 3 is 2.62 bits per heavy atom. The molecule has 1 N–H and O–H groups in total. The molecule has 0 amide bonds. The zero-order valence-electron chi connectivity index (χ0n) is 12.8. The molecule has 0 aliphatic heterocycles. The van der Waals surface area contributed by atoms with Gasteiger partial charge in [0.25, 0.3) is 0 Å². The number of nitriles is 1. The van der Waals surface area contributed by atoms with Crippen LogP contribution >= 0.6 is 0 Å². The molecule has 0 radical (unpaired) electrons. The molecule has 0 saturated carbocycles. The summed E-state index contributed by atoms with van der Waals surface area (Å²) in [6.07, 6.45) is 2.07. The van der Waals surface area contributed by atoms with Gasteiger partial charge in [-0.2, -0.15) is 5.26 Å². The standard InChI is InChI=1S/C20H14N2O2/c21-12-14-5-4-8-16(11-14)20(24)17-9-10-22-13-18(17)19(23)15-6-2-1-3-7-15/h1-11,13,19,23H. The lowest BCUT2D eigenvalue weighted by Crippen LogP contribution is -2.10. The van der Waals surface area contributed by atoms with Crippen LogP contribution in [0.5, 0.6) is 0 Å². The van der Waals surface area contributed by atoms with Crippen LogP contribution in [-0.2, 0) is 0 Å². The van der Waals surface area contributed by atoms with Crippen LogP contribution in [0.1, 0.15) is 38.7 Å². The highest BCUT2D eigenvalue weighted by Crippen LogP contribution is 2.26. The smallest absolute Gasteiger partial charge is 0.193 e. The summed E-state index contributed by atoms with van der Waals surface area (Å²) < 4.78 is 0. The fourth-order valence-electron chi connectivity index (χ4n) is 2.53. The van der Waals surface area contributed by atoms with Crippen molar-refractivity contribution in [3.63, 3.8) is 0 Å². The van der Waals surface area contributed by atoms with E-state index in [0.29, 0.717) is 27.8 Å². The Bertz CT molecular complexity index is 914. The lowest BCUT2D eigenvalue weighted by atomic mass is 9.93. The minimum atomic E-state index is -0.946. The largest absolute Gasteiger partial charge is 0.384 e. The van der Waals surface area contributed by atoms with Crippen molar-refractivity contribution in [2.45, 2.75) is 6.10 Å². The molecule has 0 bridgehead atoms. The molecular weight excluding hydrogens is 300 g/mol. The second-order valence-electron chi connectivity index (χ2n) is 5.30. The van der Waals surface area contributed by atoms with Crippen LogP contribution in [-0.4, -0.2) is 15.9 Å². The van der Waals surface area contributed by atoms with Crippen molar-refractivity contribution in [1.82, 2.24) is 4.98 Å². The molecule has 4 heteroatoms. The second kappa shape index (κ2) is 6.86. The maximum atomic E-state index is 12.8. The number of carbonyl (C=O) groups excluding carboxylic acids is 1. The average molecular weight is 314 g/mol. The third-order valence-electron chi connectivity index (χ3n) is 3.76. The number of hydrogen-bond acceptors (Lipinski definition) is 4. The van der Waals surface area contributed by atoms with Gasteiger partial charge in [0.15, 0.2) is 5.78 Å². The van der Waals surface area contributed by atoms with Gasteiger partial charge < -0.3 is 5.11 Å². The van der Waals surface area contributed by atoms with E-state index in [2.05, 4.69) is 4.98 Å². The first-order valence-corrected chi connectivity index (χ1v) is 7.42. The topological polar surface area (TPSA) is 74.0 Å². The Morgan fingerprint density at radius 2 is 1.88 bits per heavy atom. The maximum absolute atomic E-state index is 12.8. The summed E-state index contributed by atoms with van der Waals surface area (Å²) in [5.74, 6) is -0.250. The summed E-state index contributed by atoms with van der Waals surface area (Å²) in [5, 5.41) is 19.6. The van der Waals surface area contributed by atoms with Gasteiger partial charge in [-0.25, -0.2) is 0 Å². The molecule has 4 nitrogen and oxygen atoms in total. The van der Waals surface area contributed by atoms with Gasteiger partial charge >= 0.3 is 0 Å². The fourth-order valence-corrected chi connectivity index (χ4v) is 2.53. The molecule has 24 heavy (non-hydrogen) atoms. The van der Waals surface area contributed by atoms with Gasteiger partial charge in [0, 0.05) is 29.1 Å². The molecule has 1 unspecified atom stereocenters. The Hall–Kier alpha value is -3.29. The monoisotopic (exact) mass is 314 g/mol. The molecule has 3 rings (SSSR count). The van der Waals surface area contributed by atoms with Crippen molar-refractivity contribution in [3.05, 3.63) is 101 Å². The summed E-state index contributed by atoms with van der Waals surface area (Å²) in [7, 11) is 0. The third-order valence-corrected chi connectivity index (χ3v) is 3.76. The van der Waals surface area contributed by atoms with E-state index in [9.17, 15) is 9.90 Å². The van der Waals surface area contributed by atoms with Crippen molar-refractivity contribution in [2.75, 3.05) is 0 Å². The van der Waals surface area contributed by atoms with Crippen molar-refractivity contribution in [1.29, 1.82) is 5.26 Å². The summed E-state index contributed by atoms with van der Waals surface area (Å²) in [4.78, 5) is 16.9. The fraction of sp³-hybridized carbons (Fsp3) is 0.0500. The van der Waals surface area contributed by atoms with Gasteiger partial charge in [0.05, 0.1) is 11.6 Å². The average Bonchev–Trinajstić information content (AvgIpc) is 2.67. The van der Waals surface area contributed by atoms with Crippen LogP contribution in [0, 0.1) is 11.3 Å². The van der Waals surface area contributed by atoms with Gasteiger partial charge in [0.2, 0.25) is 0 Å². The number of aliphatic hydroxyl groups is 1. The SMILES string of the molecule is N#Cc1cccc(C(=O)c2ccncc2C(O)c2ccccc2)c1. The van der Waals surface area contributed by atoms with Crippen molar-refractivity contribution >= 4 is 5.78 Å². The first-order chi connectivity index (χ1) is 11.7. The molecule has 0 aliphatic carbocycles. The van der Waals surface area contributed by atoms with E-state index in [-0.39, 0.29) is 5.78 Å². The van der Waals surface area contributed by atoms with Gasteiger partial charge in [0.1, 0.15) is 6.10 Å². The number of aromatic nitrogens is 1. The lowest BCUT2D eigenvalue weighted by Gasteiger charge is -2.15. The van der Waals surface area contributed by atoms with Gasteiger partial charge in [-0.15, -0.1) is 0 Å². The molecule has 0 spiro atoms. The summed E-state index contributed by atoms with van der Waals surface area (Å²) >= 11 is 0. The highest BCUT2D eigenvalue weighted by atomic mass is 16.3. The summed E-state index contributed by atoms with van der Waals surface area (Å²) in [5.41, 5.74) is 2.32. The number of rotatable bonds is 4. The van der Waals surface area contributed by atoms with Crippen LogP contribution in [0.4, 0.5) is 0 Å². The predicted molar refractivity (Wildman–Crippen MR) is 89.3 cm³/mol. The third kappa shape index (κ3) is 3.07. The molecule has 0 saturated heterocycles. The predicted octanol–water partition coefficient (Wildman–Crippen LogP) is 3.27. The molecule has 3 aromatic rings. The van der Waals surface area contributed by atoms with Crippen LogP contribution in [0.15, 0.2) is 73.1 Å². The Kier molecular flexibility index (Phi) is 4.46. The van der Waals surface area contributed by atoms with Gasteiger partial charge in [-0.1, -0.05) is 42.5 Å². The zero-order chi connectivity index (χ0) is 16.9. The van der Waals surface area contributed by atoms with Crippen molar-refractivity contribution < 1.29 is 9.90 Å². The van der Waals surface area contributed by atoms with E-state index in [1.54, 1.807) is 42.5 Å². The van der Waals surface area contributed by atoms with Gasteiger partial charge in [-0.3, -0.25) is 9.78 Å². The van der Waals surface area contributed by atoms with E-state index < -0.39 is 6.10 Å². The molecule has 1 heterocycles. The van der Waals surface area contributed by atoms with Crippen molar-refractivity contribution in [3.8, 4) is 6.07 Å². The summed E-state index contributed by atoms with van der Waals surface area (Å²) in [6, 6.07) is 19.2. The number of hydrogen-bond donors (Lipinski definition) is 1. The number of benzene rings is 2. The number of pyridine rings is 1. The van der Waals surface area contributed by atoms with E-state index in [4.69, 9.17) is 5.26 Å². The van der Waals surface area contributed by atoms with E-state index in [1.165, 1.54) is 12.4 Å². The maximum Gasteiger partial charge on any atom is 0.193 e. The molecular formula is C20H14N2O2. The lowest BCUT2D eigenvalue weighted by molar-refractivity contribution is 0.103. The second-order valence-corrected chi connectivity index (χ2v) is 5.30. The summed E-state index contributed by atoms with van der Waals surface area (Å²) in [6.45, 7) is 0. The quantitative estimate of drug-likeness (QED) is 0.750. The van der Waals surface area contributed by atoms with Crippen LogP contribution < -0.4 is 0 Å². The van der Waals surface area contributed by atoms with Crippen LogP contribution in [0.3, 0.4) is 0 Å². The first kappa shape index (κ1) is 15.6. The van der Waals surface area contributed by atoms with E-state index in [1.807, 2.05) is 24.3 Å². The highest BCUT2D eigenvalue weighted by Gasteiger charge is 2.20. The Balaban J connectivity index is 2.03. The zero-order valence-corrected chi connectivity index (χ0v) is 12.8. The Labute approximate surface area is 139 Å². The minimum Gasteiger partial charge on any atom is -0.384 e. The molecule has 1 aromatic heterocycles. The number of carbonyl (C=O) groups is 1. The molecule has 2 aromatic carbocycles.